The van der Waals surface area contributed by atoms with Crippen LogP contribution in [0.2, 0.25) is 0 Å². The summed E-state index contributed by atoms with van der Waals surface area (Å²) in [6.45, 7) is 3.32. The Kier molecular flexibility index (Phi) is 3.49. The number of fused-ring (bicyclic) bond motifs is 3. The molecule has 3 heterocycles. The lowest BCUT2D eigenvalue weighted by molar-refractivity contribution is -0.135. The van der Waals surface area contributed by atoms with Gasteiger partial charge in [-0.05, 0) is 28.9 Å². The fourth-order valence-electron chi connectivity index (χ4n) is 3.28. The number of para-hydroxylation sites is 1. The van der Waals surface area contributed by atoms with E-state index < -0.39 is 0 Å². The molecule has 6 heteroatoms. The molecular weight excluding hydrogens is 356 g/mol. The third kappa shape index (κ3) is 2.37. The summed E-state index contributed by atoms with van der Waals surface area (Å²) in [4.78, 5) is 22.3. The Balaban J connectivity index is 1.65. The molecule has 23 heavy (non-hydrogen) atoms. The van der Waals surface area contributed by atoms with E-state index in [1.54, 1.807) is 12.5 Å². The molecule has 0 aliphatic carbocycles. The second-order valence-corrected chi connectivity index (χ2v) is 6.79. The Hall–Kier alpha value is -2.08. The summed E-state index contributed by atoms with van der Waals surface area (Å²) in [5, 5.41) is 1.20. The van der Waals surface area contributed by atoms with Crippen molar-refractivity contribution in [3.8, 4) is 0 Å². The minimum atomic E-state index is -0.226. The van der Waals surface area contributed by atoms with Crippen LogP contribution in [0.5, 0.6) is 0 Å². The second-order valence-electron chi connectivity index (χ2n) is 5.94. The van der Waals surface area contributed by atoms with Crippen LogP contribution in [-0.4, -0.2) is 31.9 Å². The van der Waals surface area contributed by atoms with Crippen molar-refractivity contribution in [3.63, 3.8) is 0 Å². The molecule has 0 spiro atoms. The van der Waals surface area contributed by atoms with Gasteiger partial charge in [-0.25, -0.2) is 4.98 Å². The number of amides is 1. The average Bonchev–Trinajstić information content (AvgIpc) is 3.21. The van der Waals surface area contributed by atoms with Gasteiger partial charge >= 0.3 is 0 Å². The molecule has 2 aromatic heterocycles. The standard InChI is InChI=1S/C17H17BrN4O/c1-11(22-8-6-19-10-22)17(23)21-7-5-15-13(9-21)12-3-2-4-14(18)16(12)20-15/h2-4,6,8,10-11,20H,5,7,9H2,1H3/t11-/m0/s1. The fourth-order valence-corrected chi connectivity index (χ4v) is 3.75. The van der Waals surface area contributed by atoms with E-state index in [-0.39, 0.29) is 11.9 Å². The maximum absolute atomic E-state index is 12.8. The third-order valence-corrected chi connectivity index (χ3v) is 5.26. The fraction of sp³-hybridized carbons (Fsp3) is 0.294. The Morgan fingerprint density at radius 1 is 1.43 bits per heavy atom. The lowest BCUT2D eigenvalue weighted by Crippen LogP contribution is -2.39. The van der Waals surface area contributed by atoms with E-state index in [2.05, 4.69) is 32.0 Å². The van der Waals surface area contributed by atoms with E-state index in [0.29, 0.717) is 6.54 Å². The monoisotopic (exact) mass is 372 g/mol. The van der Waals surface area contributed by atoms with Crippen molar-refractivity contribution in [3.05, 3.63) is 52.7 Å². The second kappa shape index (κ2) is 5.53. The van der Waals surface area contributed by atoms with Gasteiger partial charge in [0, 0.05) is 53.0 Å². The highest BCUT2D eigenvalue weighted by atomic mass is 79.9. The van der Waals surface area contributed by atoms with Crippen LogP contribution in [-0.2, 0) is 17.8 Å². The molecule has 5 nitrogen and oxygen atoms in total. The quantitative estimate of drug-likeness (QED) is 0.750. The smallest absolute Gasteiger partial charge is 0.245 e. The number of H-pyrrole nitrogens is 1. The Morgan fingerprint density at radius 3 is 3.09 bits per heavy atom. The lowest BCUT2D eigenvalue weighted by atomic mass is 10.0. The molecule has 118 valence electrons. The number of carbonyl (C=O) groups is 1. The molecule has 0 saturated heterocycles. The molecule has 3 aromatic rings. The molecule has 1 atom stereocenters. The van der Waals surface area contributed by atoms with Crippen LogP contribution in [0.25, 0.3) is 10.9 Å². The molecule has 1 aliphatic rings. The molecule has 1 N–H and O–H groups in total. The topological polar surface area (TPSA) is 53.9 Å². The molecule has 1 aliphatic heterocycles. The molecule has 4 rings (SSSR count). The summed E-state index contributed by atoms with van der Waals surface area (Å²) >= 11 is 3.59. The SMILES string of the molecule is C[C@@H](C(=O)N1CCc2[nH]c3c(Br)cccc3c2C1)n1ccnc1. The number of nitrogens with zero attached hydrogens (tertiary/aromatic N) is 3. The summed E-state index contributed by atoms with van der Waals surface area (Å²) in [5.41, 5.74) is 3.60. The maximum Gasteiger partial charge on any atom is 0.245 e. The number of benzene rings is 1. The number of nitrogens with one attached hydrogen (secondary N) is 1. The molecule has 0 fully saturated rings. The van der Waals surface area contributed by atoms with E-state index in [4.69, 9.17) is 0 Å². The van der Waals surface area contributed by atoms with Gasteiger partial charge in [0.25, 0.3) is 0 Å². The first kappa shape index (κ1) is 14.5. The largest absolute Gasteiger partial charge is 0.357 e. The zero-order valence-electron chi connectivity index (χ0n) is 12.8. The number of aromatic amines is 1. The van der Waals surface area contributed by atoms with Crippen LogP contribution in [0.15, 0.2) is 41.4 Å². The minimum Gasteiger partial charge on any atom is -0.357 e. The van der Waals surface area contributed by atoms with Gasteiger partial charge in [0.15, 0.2) is 0 Å². The van der Waals surface area contributed by atoms with Gasteiger partial charge < -0.3 is 14.5 Å². The van der Waals surface area contributed by atoms with E-state index in [0.717, 1.165) is 23.0 Å². The van der Waals surface area contributed by atoms with Crippen molar-refractivity contribution in [1.29, 1.82) is 0 Å². The van der Waals surface area contributed by atoms with Crippen LogP contribution in [0.3, 0.4) is 0 Å². The van der Waals surface area contributed by atoms with Crippen molar-refractivity contribution < 1.29 is 4.79 Å². The number of rotatable bonds is 2. The number of hydrogen-bond acceptors (Lipinski definition) is 2. The highest BCUT2D eigenvalue weighted by Crippen LogP contribution is 2.32. The third-order valence-electron chi connectivity index (χ3n) is 4.60. The van der Waals surface area contributed by atoms with Crippen molar-refractivity contribution >= 4 is 32.7 Å². The summed E-state index contributed by atoms with van der Waals surface area (Å²) in [5.74, 6) is 0.137. The lowest BCUT2D eigenvalue weighted by Gasteiger charge is -2.30. The van der Waals surface area contributed by atoms with Crippen LogP contribution in [0.4, 0.5) is 0 Å². The number of carbonyl (C=O) groups excluding carboxylic acids is 1. The molecule has 1 amide bonds. The average molecular weight is 373 g/mol. The minimum absolute atomic E-state index is 0.137. The van der Waals surface area contributed by atoms with Gasteiger partial charge in [0.05, 0.1) is 11.8 Å². The zero-order valence-corrected chi connectivity index (χ0v) is 14.4. The first-order valence-electron chi connectivity index (χ1n) is 7.69. The van der Waals surface area contributed by atoms with Crippen molar-refractivity contribution in [2.24, 2.45) is 0 Å². The predicted octanol–water partition coefficient (Wildman–Crippen LogP) is 3.27. The number of halogens is 1. The highest BCUT2D eigenvalue weighted by molar-refractivity contribution is 9.10. The van der Waals surface area contributed by atoms with Gasteiger partial charge in [-0.2, -0.15) is 0 Å². The summed E-state index contributed by atoms with van der Waals surface area (Å²) < 4.78 is 2.91. The van der Waals surface area contributed by atoms with Crippen LogP contribution in [0, 0.1) is 0 Å². The number of imidazole rings is 1. The molecule has 1 aromatic carbocycles. The van der Waals surface area contributed by atoms with Crippen LogP contribution < -0.4 is 0 Å². The summed E-state index contributed by atoms with van der Waals surface area (Å²) in [6, 6.07) is 5.96. The predicted molar refractivity (Wildman–Crippen MR) is 92.1 cm³/mol. The van der Waals surface area contributed by atoms with E-state index in [9.17, 15) is 4.79 Å². The van der Waals surface area contributed by atoms with Crippen LogP contribution in [0.1, 0.15) is 24.2 Å². The first-order valence-corrected chi connectivity index (χ1v) is 8.48. The van der Waals surface area contributed by atoms with E-state index >= 15 is 0 Å². The maximum atomic E-state index is 12.8. The number of aromatic nitrogens is 3. The molecule has 0 bridgehead atoms. The van der Waals surface area contributed by atoms with Crippen molar-refractivity contribution in [1.82, 2.24) is 19.4 Å². The zero-order chi connectivity index (χ0) is 16.0. The highest BCUT2D eigenvalue weighted by Gasteiger charge is 2.27. The van der Waals surface area contributed by atoms with Gasteiger partial charge in [-0.15, -0.1) is 0 Å². The Bertz CT molecular complexity index is 868. The Morgan fingerprint density at radius 2 is 2.30 bits per heavy atom. The van der Waals surface area contributed by atoms with E-state index in [1.165, 1.54) is 16.6 Å². The molecule has 0 saturated carbocycles. The Labute approximate surface area is 142 Å². The molecule has 0 radical (unpaired) electrons. The van der Waals surface area contributed by atoms with Crippen molar-refractivity contribution in [2.45, 2.75) is 25.9 Å². The van der Waals surface area contributed by atoms with Gasteiger partial charge in [0.1, 0.15) is 6.04 Å². The van der Waals surface area contributed by atoms with Crippen LogP contribution >= 0.6 is 15.9 Å². The van der Waals surface area contributed by atoms with Crippen molar-refractivity contribution in [2.75, 3.05) is 6.54 Å². The van der Waals surface area contributed by atoms with E-state index in [1.807, 2.05) is 34.7 Å². The molecular formula is C17H17BrN4O. The summed E-state index contributed by atoms with van der Waals surface area (Å²) in [6.07, 6.45) is 6.09. The molecule has 0 unspecified atom stereocenters. The van der Waals surface area contributed by atoms with Gasteiger partial charge in [-0.1, -0.05) is 12.1 Å². The normalized spacial score (nSPS) is 15.7. The number of hydrogen-bond donors (Lipinski definition) is 1. The summed E-state index contributed by atoms with van der Waals surface area (Å²) in [7, 11) is 0. The first-order chi connectivity index (χ1) is 11.1. The van der Waals surface area contributed by atoms with Gasteiger partial charge in [-0.3, -0.25) is 4.79 Å². The van der Waals surface area contributed by atoms with Gasteiger partial charge in [0.2, 0.25) is 5.91 Å².